The molecule has 2 heterocycles. The molecule has 19 heavy (non-hydrogen) atoms. The lowest BCUT2D eigenvalue weighted by atomic mass is 10.1. The minimum Gasteiger partial charge on any atom is -0.361 e. The first-order chi connectivity index (χ1) is 9.22. The van der Waals surface area contributed by atoms with Gasteiger partial charge in [0.1, 0.15) is 5.76 Å². The number of hydrogen-bond donors (Lipinski definition) is 0. The van der Waals surface area contributed by atoms with Crippen LogP contribution >= 0.6 is 0 Å². The summed E-state index contributed by atoms with van der Waals surface area (Å²) in [6.45, 7) is 3.32. The standard InChI is InChI=1S/C15H25N3O/c1-17(9-7-14-4-3-8-18(14)2)11-13-10-15(19-16-13)12-5-6-12/h10,12,14H,3-9,11H2,1-2H3. The Morgan fingerprint density at radius 2 is 2.26 bits per heavy atom. The molecule has 0 amide bonds. The van der Waals surface area contributed by atoms with E-state index in [1.165, 1.54) is 38.6 Å². The van der Waals surface area contributed by atoms with Crippen LogP contribution in [0, 0.1) is 0 Å². The van der Waals surface area contributed by atoms with Crippen LogP contribution in [0.4, 0.5) is 0 Å². The SMILES string of the molecule is CN(CCC1CCCN1C)Cc1cc(C2CC2)on1. The molecule has 1 aliphatic heterocycles. The van der Waals surface area contributed by atoms with Gasteiger partial charge in [0.05, 0.1) is 5.69 Å². The van der Waals surface area contributed by atoms with E-state index in [9.17, 15) is 0 Å². The Bertz CT molecular complexity index is 413. The average Bonchev–Trinajstić information content (AvgIpc) is 3.01. The molecule has 4 heteroatoms. The van der Waals surface area contributed by atoms with E-state index in [0.29, 0.717) is 5.92 Å². The van der Waals surface area contributed by atoms with Crippen molar-refractivity contribution in [3.63, 3.8) is 0 Å². The summed E-state index contributed by atoms with van der Waals surface area (Å²) in [5.41, 5.74) is 1.09. The Morgan fingerprint density at radius 1 is 1.42 bits per heavy atom. The van der Waals surface area contributed by atoms with Crippen LogP contribution in [0.1, 0.15) is 49.5 Å². The fourth-order valence-corrected chi connectivity index (χ4v) is 3.03. The highest BCUT2D eigenvalue weighted by atomic mass is 16.5. The smallest absolute Gasteiger partial charge is 0.140 e. The third-order valence-corrected chi connectivity index (χ3v) is 4.50. The molecule has 1 aliphatic carbocycles. The van der Waals surface area contributed by atoms with Crippen LogP contribution < -0.4 is 0 Å². The second kappa shape index (κ2) is 5.63. The molecule has 1 atom stereocenters. The molecule has 0 spiro atoms. The highest BCUT2D eigenvalue weighted by molar-refractivity contribution is 5.14. The summed E-state index contributed by atoms with van der Waals surface area (Å²) >= 11 is 0. The maximum absolute atomic E-state index is 5.40. The van der Waals surface area contributed by atoms with E-state index in [1.807, 2.05) is 0 Å². The van der Waals surface area contributed by atoms with Gasteiger partial charge in [0.2, 0.25) is 0 Å². The van der Waals surface area contributed by atoms with Gasteiger partial charge in [0, 0.05) is 24.6 Å². The number of nitrogens with zero attached hydrogens (tertiary/aromatic N) is 3. The average molecular weight is 263 g/mol. The predicted molar refractivity (Wildman–Crippen MR) is 75.1 cm³/mol. The van der Waals surface area contributed by atoms with Gasteiger partial charge in [-0.3, -0.25) is 0 Å². The van der Waals surface area contributed by atoms with E-state index in [4.69, 9.17) is 4.52 Å². The molecule has 2 fully saturated rings. The lowest BCUT2D eigenvalue weighted by Gasteiger charge is -2.22. The summed E-state index contributed by atoms with van der Waals surface area (Å²) in [4.78, 5) is 4.86. The molecular formula is C15H25N3O. The Hall–Kier alpha value is -0.870. The molecule has 1 aromatic heterocycles. The largest absolute Gasteiger partial charge is 0.361 e. The molecule has 1 saturated heterocycles. The zero-order chi connectivity index (χ0) is 13.2. The second-order valence-electron chi connectivity index (χ2n) is 6.30. The molecule has 1 aromatic rings. The van der Waals surface area contributed by atoms with Gasteiger partial charge in [-0.15, -0.1) is 0 Å². The van der Waals surface area contributed by atoms with Crippen LogP contribution in [0.25, 0.3) is 0 Å². The summed E-state index contributed by atoms with van der Waals surface area (Å²) in [6.07, 6.45) is 6.54. The van der Waals surface area contributed by atoms with Gasteiger partial charge in [0.15, 0.2) is 0 Å². The zero-order valence-electron chi connectivity index (χ0n) is 12.1. The van der Waals surface area contributed by atoms with Crippen LogP contribution in [0.3, 0.4) is 0 Å². The molecule has 0 radical (unpaired) electrons. The van der Waals surface area contributed by atoms with Crippen molar-refractivity contribution in [1.82, 2.24) is 15.0 Å². The van der Waals surface area contributed by atoms with Crippen LogP contribution in [0.5, 0.6) is 0 Å². The Kier molecular flexibility index (Phi) is 3.89. The Morgan fingerprint density at radius 3 is 2.95 bits per heavy atom. The quantitative estimate of drug-likeness (QED) is 0.789. The lowest BCUT2D eigenvalue weighted by Crippen LogP contribution is -2.30. The summed E-state index contributed by atoms with van der Waals surface area (Å²) in [5.74, 6) is 1.76. The molecule has 4 nitrogen and oxygen atoms in total. The van der Waals surface area contributed by atoms with Crippen LogP contribution in [-0.2, 0) is 6.54 Å². The molecule has 0 aromatic carbocycles. The topological polar surface area (TPSA) is 32.5 Å². The van der Waals surface area contributed by atoms with Gasteiger partial charge in [-0.05, 0) is 59.3 Å². The first kappa shape index (κ1) is 13.1. The van der Waals surface area contributed by atoms with Gasteiger partial charge in [0.25, 0.3) is 0 Å². The van der Waals surface area contributed by atoms with E-state index in [2.05, 4.69) is 35.1 Å². The van der Waals surface area contributed by atoms with Crippen molar-refractivity contribution in [3.8, 4) is 0 Å². The predicted octanol–water partition coefficient (Wildman–Crippen LogP) is 2.47. The highest BCUT2D eigenvalue weighted by Crippen LogP contribution is 2.40. The van der Waals surface area contributed by atoms with E-state index in [-0.39, 0.29) is 0 Å². The van der Waals surface area contributed by atoms with Gasteiger partial charge in [-0.1, -0.05) is 5.16 Å². The highest BCUT2D eigenvalue weighted by Gasteiger charge is 2.28. The number of aromatic nitrogens is 1. The first-order valence-electron chi connectivity index (χ1n) is 7.56. The molecule has 3 rings (SSSR count). The minimum absolute atomic E-state index is 0.665. The summed E-state index contributed by atoms with van der Waals surface area (Å²) < 4.78 is 5.40. The van der Waals surface area contributed by atoms with Gasteiger partial charge >= 0.3 is 0 Å². The number of rotatable bonds is 6. The molecule has 0 bridgehead atoms. The number of hydrogen-bond acceptors (Lipinski definition) is 4. The third kappa shape index (κ3) is 3.37. The maximum atomic E-state index is 5.40. The van der Waals surface area contributed by atoms with E-state index in [0.717, 1.165) is 30.6 Å². The normalized spacial score (nSPS) is 24.5. The van der Waals surface area contributed by atoms with Crippen LogP contribution in [-0.4, -0.2) is 48.2 Å². The van der Waals surface area contributed by atoms with Crippen molar-refractivity contribution >= 4 is 0 Å². The van der Waals surface area contributed by atoms with E-state index in [1.54, 1.807) is 0 Å². The fraction of sp³-hybridized carbons (Fsp3) is 0.800. The molecule has 106 valence electrons. The summed E-state index contributed by atoms with van der Waals surface area (Å²) in [6, 6.07) is 2.93. The van der Waals surface area contributed by atoms with Crippen molar-refractivity contribution in [2.75, 3.05) is 27.2 Å². The van der Waals surface area contributed by atoms with Crippen molar-refractivity contribution in [1.29, 1.82) is 0 Å². The minimum atomic E-state index is 0.665. The number of likely N-dealkylation sites (tertiary alicyclic amines) is 1. The molecule has 1 unspecified atom stereocenters. The van der Waals surface area contributed by atoms with Gasteiger partial charge in [-0.2, -0.15) is 0 Å². The van der Waals surface area contributed by atoms with Crippen LogP contribution in [0.2, 0.25) is 0 Å². The van der Waals surface area contributed by atoms with Crippen molar-refractivity contribution < 1.29 is 4.52 Å². The maximum Gasteiger partial charge on any atom is 0.140 e. The lowest BCUT2D eigenvalue weighted by molar-refractivity contribution is 0.241. The summed E-state index contributed by atoms with van der Waals surface area (Å²) in [7, 11) is 4.43. The molecule has 2 aliphatic rings. The van der Waals surface area contributed by atoms with E-state index >= 15 is 0 Å². The van der Waals surface area contributed by atoms with Crippen molar-refractivity contribution in [3.05, 3.63) is 17.5 Å². The van der Waals surface area contributed by atoms with Gasteiger partial charge in [-0.25, -0.2) is 0 Å². The van der Waals surface area contributed by atoms with E-state index < -0.39 is 0 Å². The Labute approximate surface area is 115 Å². The zero-order valence-corrected chi connectivity index (χ0v) is 12.1. The monoisotopic (exact) mass is 263 g/mol. The fourth-order valence-electron chi connectivity index (χ4n) is 3.03. The van der Waals surface area contributed by atoms with Crippen LogP contribution in [0.15, 0.2) is 10.6 Å². The van der Waals surface area contributed by atoms with Crippen molar-refractivity contribution in [2.24, 2.45) is 0 Å². The molecule has 1 saturated carbocycles. The van der Waals surface area contributed by atoms with Gasteiger partial charge < -0.3 is 14.3 Å². The molecular weight excluding hydrogens is 238 g/mol. The summed E-state index contributed by atoms with van der Waals surface area (Å²) in [5, 5.41) is 4.19. The third-order valence-electron chi connectivity index (χ3n) is 4.50. The molecule has 0 N–H and O–H groups in total. The Balaban J connectivity index is 1.43. The second-order valence-corrected chi connectivity index (χ2v) is 6.30. The van der Waals surface area contributed by atoms with Crippen molar-refractivity contribution in [2.45, 2.75) is 50.6 Å². The first-order valence-corrected chi connectivity index (χ1v) is 7.56.